The maximum Gasteiger partial charge on any atom is 0.0438 e. The normalized spacial score (nSPS) is 24.1. The number of piperazine rings is 1. The Kier molecular flexibility index (Phi) is 4.57. The summed E-state index contributed by atoms with van der Waals surface area (Å²) in [5, 5.41) is 3.61. The van der Waals surface area contributed by atoms with Crippen molar-refractivity contribution in [1.29, 1.82) is 0 Å². The molecule has 1 aliphatic rings. The summed E-state index contributed by atoms with van der Waals surface area (Å²) in [5.41, 5.74) is 4.16. The summed E-state index contributed by atoms with van der Waals surface area (Å²) in [7, 11) is 0. The van der Waals surface area contributed by atoms with Crippen molar-refractivity contribution in [3.05, 3.63) is 27.7 Å². The van der Waals surface area contributed by atoms with Gasteiger partial charge in [-0.1, -0.05) is 29.8 Å². The minimum Gasteiger partial charge on any atom is -0.365 e. The van der Waals surface area contributed by atoms with Gasteiger partial charge in [0.1, 0.15) is 0 Å². The molecule has 0 aromatic heterocycles. The molecule has 0 radical (unpaired) electrons. The molecule has 1 N–H and O–H groups in total. The Morgan fingerprint density at radius 3 is 2.37 bits per heavy atom. The van der Waals surface area contributed by atoms with E-state index in [0.717, 1.165) is 13.1 Å². The van der Waals surface area contributed by atoms with Crippen LogP contribution in [0.5, 0.6) is 0 Å². The molecule has 1 heterocycles. The van der Waals surface area contributed by atoms with Gasteiger partial charge in [0.2, 0.25) is 0 Å². The standard InChI is InChI=1S/C16H25BrN2/c1-10(2)15-8-18-13(5)9-19(15)16-11(3)6-14(17)7-12(16)4/h6-7,10,13,15,18H,8-9H2,1-5H3. The van der Waals surface area contributed by atoms with Gasteiger partial charge in [-0.25, -0.2) is 0 Å². The van der Waals surface area contributed by atoms with Crippen molar-refractivity contribution < 1.29 is 0 Å². The van der Waals surface area contributed by atoms with E-state index in [9.17, 15) is 0 Å². The number of benzene rings is 1. The first-order valence-corrected chi connectivity index (χ1v) is 7.96. The first kappa shape index (κ1) is 14.9. The lowest BCUT2D eigenvalue weighted by Gasteiger charge is -2.44. The second-order valence-corrected chi connectivity index (χ2v) is 7.08. The van der Waals surface area contributed by atoms with E-state index in [-0.39, 0.29) is 0 Å². The molecule has 106 valence electrons. The molecule has 1 saturated heterocycles. The van der Waals surface area contributed by atoms with Crippen LogP contribution in [0.2, 0.25) is 0 Å². The Bertz CT molecular complexity index is 433. The minimum atomic E-state index is 0.553. The van der Waals surface area contributed by atoms with Gasteiger partial charge in [0.15, 0.2) is 0 Å². The highest BCUT2D eigenvalue weighted by Crippen LogP contribution is 2.32. The molecule has 1 aromatic rings. The summed E-state index contributed by atoms with van der Waals surface area (Å²) in [4.78, 5) is 2.61. The Labute approximate surface area is 125 Å². The minimum absolute atomic E-state index is 0.553. The van der Waals surface area contributed by atoms with Gasteiger partial charge in [-0.3, -0.25) is 0 Å². The predicted octanol–water partition coefficient (Wildman–Crippen LogP) is 3.89. The van der Waals surface area contributed by atoms with Crippen LogP contribution in [-0.2, 0) is 0 Å². The van der Waals surface area contributed by atoms with Crippen LogP contribution >= 0.6 is 15.9 Å². The Morgan fingerprint density at radius 1 is 1.26 bits per heavy atom. The Balaban J connectivity index is 2.42. The molecule has 3 heteroatoms. The predicted molar refractivity (Wildman–Crippen MR) is 87.1 cm³/mol. The van der Waals surface area contributed by atoms with E-state index in [2.05, 4.69) is 72.9 Å². The number of hydrogen-bond acceptors (Lipinski definition) is 2. The van der Waals surface area contributed by atoms with Crippen LogP contribution < -0.4 is 10.2 Å². The smallest absolute Gasteiger partial charge is 0.0438 e. The lowest BCUT2D eigenvalue weighted by molar-refractivity contribution is 0.348. The Morgan fingerprint density at radius 2 is 1.84 bits per heavy atom. The highest BCUT2D eigenvalue weighted by Gasteiger charge is 2.29. The number of nitrogens with one attached hydrogen (secondary N) is 1. The van der Waals surface area contributed by atoms with Gasteiger partial charge in [0.05, 0.1) is 0 Å². The number of anilines is 1. The number of rotatable bonds is 2. The fourth-order valence-corrected chi connectivity index (χ4v) is 3.82. The average Bonchev–Trinajstić information content (AvgIpc) is 2.27. The van der Waals surface area contributed by atoms with Gasteiger partial charge in [0.25, 0.3) is 0 Å². The van der Waals surface area contributed by atoms with Crippen molar-refractivity contribution in [2.24, 2.45) is 5.92 Å². The van der Waals surface area contributed by atoms with Crippen molar-refractivity contribution in [3.63, 3.8) is 0 Å². The molecule has 0 amide bonds. The highest BCUT2D eigenvalue weighted by molar-refractivity contribution is 9.10. The summed E-state index contributed by atoms with van der Waals surface area (Å²) >= 11 is 3.60. The maximum atomic E-state index is 3.61. The van der Waals surface area contributed by atoms with Gasteiger partial charge in [0, 0.05) is 35.3 Å². The van der Waals surface area contributed by atoms with Crippen LogP contribution in [0.4, 0.5) is 5.69 Å². The van der Waals surface area contributed by atoms with Gasteiger partial charge < -0.3 is 10.2 Å². The van der Waals surface area contributed by atoms with Crippen molar-refractivity contribution in [2.75, 3.05) is 18.0 Å². The molecule has 0 aliphatic carbocycles. The molecule has 19 heavy (non-hydrogen) atoms. The zero-order valence-corrected chi connectivity index (χ0v) is 14.2. The van der Waals surface area contributed by atoms with Gasteiger partial charge in [-0.05, 0) is 49.9 Å². The van der Waals surface area contributed by atoms with Crippen LogP contribution in [0.15, 0.2) is 16.6 Å². The summed E-state index contributed by atoms with van der Waals surface area (Å²) in [6, 6.07) is 5.59. The Hall–Kier alpha value is -0.540. The molecule has 2 atom stereocenters. The van der Waals surface area contributed by atoms with Crippen LogP contribution in [0.1, 0.15) is 31.9 Å². The SMILES string of the molecule is Cc1cc(Br)cc(C)c1N1CC(C)NCC1C(C)C. The topological polar surface area (TPSA) is 15.3 Å². The van der Waals surface area contributed by atoms with Gasteiger partial charge >= 0.3 is 0 Å². The van der Waals surface area contributed by atoms with E-state index in [1.54, 1.807) is 0 Å². The molecule has 2 unspecified atom stereocenters. The number of hydrogen-bond donors (Lipinski definition) is 1. The van der Waals surface area contributed by atoms with Crippen molar-refractivity contribution in [1.82, 2.24) is 5.32 Å². The second-order valence-electron chi connectivity index (χ2n) is 6.16. The molecule has 1 aromatic carbocycles. The third kappa shape index (κ3) is 3.14. The van der Waals surface area contributed by atoms with Crippen LogP contribution in [-0.4, -0.2) is 25.2 Å². The third-order valence-corrected chi connectivity index (χ3v) is 4.52. The molecule has 0 bridgehead atoms. The monoisotopic (exact) mass is 324 g/mol. The quantitative estimate of drug-likeness (QED) is 0.887. The molecule has 2 rings (SSSR count). The van der Waals surface area contributed by atoms with Crippen LogP contribution in [0.25, 0.3) is 0 Å². The zero-order chi connectivity index (χ0) is 14.2. The highest BCUT2D eigenvalue weighted by atomic mass is 79.9. The lowest BCUT2D eigenvalue weighted by Crippen LogP contribution is -2.57. The number of aryl methyl sites for hydroxylation is 2. The molecular formula is C16H25BrN2. The van der Waals surface area contributed by atoms with E-state index < -0.39 is 0 Å². The van der Waals surface area contributed by atoms with Crippen molar-refractivity contribution >= 4 is 21.6 Å². The lowest BCUT2D eigenvalue weighted by atomic mass is 9.95. The number of halogens is 1. The van der Waals surface area contributed by atoms with Crippen LogP contribution in [0.3, 0.4) is 0 Å². The summed E-state index contributed by atoms with van der Waals surface area (Å²) in [5.74, 6) is 0.655. The van der Waals surface area contributed by atoms with E-state index in [1.807, 2.05) is 0 Å². The summed E-state index contributed by atoms with van der Waals surface area (Å²) in [6.45, 7) is 13.5. The van der Waals surface area contributed by atoms with Crippen molar-refractivity contribution in [2.45, 2.75) is 46.7 Å². The van der Waals surface area contributed by atoms with Crippen LogP contribution in [0, 0.1) is 19.8 Å². The fraction of sp³-hybridized carbons (Fsp3) is 0.625. The fourth-order valence-electron chi connectivity index (χ4n) is 3.14. The molecule has 1 fully saturated rings. The molecular weight excluding hydrogens is 300 g/mol. The summed E-state index contributed by atoms with van der Waals surface area (Å²) < 4.78 is 1.18. The van der Waals surface area contributed by atoms with Gasteiger partial charge in [-0.15, -0.1) is 0 Å². The van der Waals surface area contributed by atoms with Gasteiger partial charge in [-0.2, -0.15) is 0 Å². The van der Waals surface area contributed by atoms with Crippen molar-refractivity contribution in [3.8, 4) is 0 Å². The first-order valence-electron chi connectivity index (χ1n) is 7.17. The zero-order valence-electron chi connectivity index (χ0n) is 12.6. The first-order chi connectivity index (χ1) is 8.90. The molecule has 0 spiro atoms. The van der Waals surface area contributed by atoms with E-state index in [4.69, 9.17) is 0 Å². The third-order valence-electron chi connectivity index (χ3n) is 4.06. The molecule has 1 aliphatic heterocycles. The molecule has 2 nitrogen and oxygen atoms in total. The molecule has 0 saturated carbocycles. The van der Waals surface area contributed by atoms with E-state index in [0.29, 0.717) is 18.0 Å². The number of nitrogens with zero attached hydrogens (tertiary/aromatic N) is 1. The van der Waals surface area contributed by atoms with E-state index in [1.165, 1.54) is 21.3 Å². The van der Waals surface area contributed by atoms with E-state index >= 15 is 0 Å². The average molecular weight is 325 g/mol. The summed E-state index contributed by atoms with van der Waals surface area (Å²) in [6.07, 6.45) is 0. The maximum absolute atomic E-state index is 3.61. The second kappa shape index (κ2) is 5.84. The largest absolute Gasteiger partial charge is 0.365 e.